The highest BCUT2D eigenvalue weighted by atomic mass is 16.6. The van der Waals surface area contributed by atoms with Gasteiger partial charge in [0.1, 0.15) is 18.5 Å². The zero-order chi connectivity index (χ0) is 8.27. The Morgan fingerprint density at radius 2 is 2.64 bits per heavy atom. The van der Waals surface area contributed by atoms with E-state index in [1.54, 1.807) is 0 Å². The molecular formula is C5H7N3O3. The smallest absolute Gasteiger partial charge is 0.390 e. The molecule has 0 spiro atoms. The maximum atomic E-state index is 10.1. The molecule has 0 saturated carbocycles. The lowest BCUT2D eigenvalue weighted by Gasteiger charge is -1.88. The van der Waals surface area contributed by atoms with Crippen molar-refractivity contribution in [3.05, 3.63) is 22.0 Å². The number of hydrogen-bond acceptors (Lipinski definition) is 4. The molecule has 0 saturated heterocycles. The summed E-state index contributed by atoms with van der Waals surface area (Å²) in [4.78, 5) is 15.5. The minimum atomic E-state index is -0.584. The molecule has 0 bridgehead atoms. The van der Waals surface area contributed by atoms with E-state index in [4.69, 9.17) is 4.74 Å². The zero-order valence-electron chi connectivity index (χ0n) is 5.90. The molecule has 1 rings (SSSR count). The van der Waals surface area contributed by atoms with Crippen LogP contribution < -0.4 is 0 Å². The quantitative estimate of drug-likeness (QED) is 0.510. The fraction of sp³-hybridized carbons (Fsp3) is 0.400. The maximum absolute atomic E-state index is 10.1. The molecule has 0 aromatic carbocycles. The third kappa shape index (κ3) is 1.74. The lowest BCUT2D eigenvalue weighted by molar-refractivity contribution is -0.393. The van der Waals surface area contributed by atoms with Crippen LogP contribution in [0.1, 0.15) is 5.69 Å². The predicted octanol–water partition coefficient (Wildman–Crippen LogP) is 0.464. The Morgan fingerprint density at radius 3 is 3.09 bits per heavy atom. The minimum absolute atomic E-state index is 0.253. The minimum Gasteiger partial charge on any atom is -0.390 e. The number of aromatic nitrogens is 2. The van der Waals surface area contributed by atoms with E-state index in [1.165, 1.54) is 13.3 Å². The highest BCUT2D eigenvalue weighted by molar-refractivity contribution is 5.09. The molecule has 6 nitrogen and oxygen atoms in total. The van der Waals surface area contributed by atoms with Crippen molar-refractivity contribution in [3.8, 4) is 0 Å². The first-order valence-electron chi connectivity index (χ1n) is 2.91. The number of aromatic amines is 1. The van der Waals surface area contributed by atoms with Crippen LogP contribution >= 0.6 is 0 Å². The predicted molar refractivity (Wildman–Crippen MR) is 36.0 cm³/mol. The molecule has 60 valence electrons. The van der Waals surface area contributed by atoms with Gasteiger partial charge in [-0.25, -0.2) is 4.98 Å². The van der Waals surface area contributed by atoms with E-state index in [9.17, 15) is 10.1 Å². The summed E-state index contributed by atoms with van der Waals surface area (Å²) in [7, 11) is 1.51. The summed E-state index contributed by atoms with van der Waals surface area (Å²) in [6.45, 7) is 0.306. The summed E-state index contributed by atoms with van der Waals surface area (Å²) < 4.78 is 4.73. The highest BCUT2D eigenvalue weighted by Gasteiger charge is 2.09. The molecule has 0 radical (unpaired) electrons. The second kappa shape index (κ2) is 3.11. The largest absolute Gasteiger partial charge is 0.432 e. The van der Waals surface area contributed by atoms with Gasteiger partial charge in [0.15, 0.2) is 0 Å². The van der Waals surface area contributed by atoms with Crippen LogP contribution in [0.25, 0.3) is 0 Å². The Hall–Kier alpha value is -1.43. The van der Waals surface area contributed by atoms with Crippen LogP contribution in [0.2, 0.25) is 0 Å². The Bertz CT molecular complexity index is 257. The number of nitrogens with zero attached hydrogens (tertiary/aromatic N) is 2. The number of nitrogens with one attached hydrogen (secondary N) is 1. The van der Waals surface area contributed by atoms with Gasteiger partial charge in [0.2, 0.25) is 0 Å². The van der Waals surface area contributed by atoms with Crippen molar-refractivity contribution < 1.29 is 9.66 Å². The van der Waals surface area contributed by atoms with Gasteiger partial charge in [-0.2, -0.15) is 0 Å². The van der Waals surface area contributed by atoms with E-state index >= 15 is 0 Å². The second-order valence-electron chi connectivity index (χ2n) is 1.92. The molecule has 0 aliphatic rings. The first kappa shape index (κ1) is 7.67. The van der Waals surface area contributed by atoms with Crippen molar-refractivity contribution in [2.75, 3.05) is 7.11 Å². The van der Waals surface area contributed by atoms with Crippen LogP contribution in [0.15, 0.2) is 6.20 Å². The molecule has 0 unspecified atom stereocenters. The van der Waals surface area contributed by atoms with Crippen LogP contribution in [0, 0.1) is 10.1 Å². The second-order valence-corrected chi connectivity index (χ2v) is 1.92. The van der Waals surface area contributed by atoms with E-state index in [2.05, 4.69) is 9.97 Å². The molecule has 1 aromatic rings. The summed E-state index contributed by atoms with van der Waals surface area (Å²) in [5, 5.41) is 10.1. The van der Waals surface area contributed by atoms with E-state index in [0.717, 1.165) is 0 Å². The van der Waals surface area contributed by atoms with Gasteiger partial charge in [-0.05, 0) is 4.92 Å². The summed E-state index contributed by atoms with van der Waals surface area (Å²) in [5.74, 6) is -0.253. The van der Waals surface area contributed by atoms with Crippen molar-refractivity contribution in [2.24, 2.45) is 0 Å². The average Bonchev–Trinajstić information content (AvgIpc) is 2.37. The molecule has 6 heteroatoms. The first-order valence-corrected chi connectivity index (χ1v) is 2.91. The molecular weight excluding hydrogens is 150 g/mol. The van der Waals surface area contributed by atoms with E-state index in [0.29, 0.717) is 12.3 Å². The summed E-state index contributed by atoms with van der Waals surface area (Å²) in [5.41, 5.74) is 0.596. The normalized spacial score (nSPS) is 9.91. The maximum Gasteiger partial charge on any atom is 0.432 e. The number of imidazole rings is 1. The van der Waals surface area contributed by atoms with Gasteiger partial charge < -0.3 is 14.9 Å². The lowest BCUT2D eigenvalue weighted by Crippen LogP contribution is -1.91. The molecule has 0 aliphatic carbocycles. The number of rotatable bonds is 3. The van der Waals surface area contributed by atoms with Crippen LogP contribution in [0.3, 0.4) is 0 Å². The fourth-order valence-corrected chi connectivity index (χ4v) is 0.669. The summed E-state index contributed by atoms with van der Waals surface area (Å²) >= 11 is 0. The summed E-state index contributed by atoms with van der Waals surface area (Å²) in [6, 6.07) is 0. The monoisotopic (exact) mass is 157 g/mol. The number of methoxy groups -OCH3 is 1. The van der Waals surface area contributed by atoms with Gasteiger partial charge in [0.25, 0.3) is 0 Å². The number of hydrogen-bond donors (Lipinski definition) is 1. The fourth-order valence-electron chi connectivity index (χ4n) is 0.669. The summed E-state index contributed by atoms with van der Waals surface area (Å²) in [6.07, 6.45) is 1.38. The molecule has 1 aromatic heterocycles. The Kier molecular flexibility index (Phi) is 2.17. The Balaban J connectivity index is 2.73. The molecule has 0 aliphatic heterocycles. The molecule has 0 atom stereocenters. The average molecular weight is 157 g/mol. The first-order chi connectivity index (χ1) is 5.24. The van der Waals surface area contributed by atoms with Crippen molar-refractivity contribution in [3.63, 3.8) is 0 Å². The van der Waals surface area contributed by atoms with E-state index in [-0.39, 0.29) is 5.95 Å². The standard InChI is InChI=1S/C5H7N3O3/c1-11-3-4-2-6-5(7-4)8(9)10/h2H,3H2,1H3,(H,6,7). The molecule has 0 fully saturated rings. The van der Waals surface area contributed by atoms with Gasteiger partial charge in [-0.1, -0.05) is 4.98 Å². The van der Waals surface area contributed by atoms with Crippen molar-refractivity contribution in [1.29, 1.82) is 0 Å². The van der Waals surface area contributed by atoms with Crippen molar-refractivity contribution in [2.45, 2.75) is 6.61 Å². The number of ether oxygens (including phenoxy) is 1. The van der Waals surface area contributed by atoms with Gasteiger partial charge >= 0.3 is 5.95 Å². The number of H-pyrrole nitrogens is 1. The van der Waals surface area contributed by atoms with E-state index in [1.807, 2.05) is 0 Å². The lowest BCUT2D eigenvalue weighted by atomic mass is 10.5. The third-order valence-corrected chi connectivity index (χ3v) is 1.09. The molecule has 0 amide bonds. The molecule has 1 heterocycles. The van der Waals surface area contributed by atoms with Gasteiger partial charge in [-0.3, -0.25) is 0 Å². The van der Waals surface area contributed by atoms with Crippen LogP contribution in [0.5, 0.6) is 0 Å². The van der Waals surface area contributed by atoms with Gasteiger partial charge in [0.05, 0.1) is 0 Å². The molecule has 11 heavy (non-hydrogen) atoms. The van der Waals surface area contributed by atoms with Gasteiger partial charge in [0, 0.05) is 7.11 Å². The number of nitro groups is 1. The molecule has 1 N–H and O–H groups in total. The van der Waals surface area contributed by atoms with Crippen LogP contribution in [-0.2, 0) is 11.3 Å². The topological polar surface area (TPSA) is 81.1 Å². The third-order valence-electron chi connectivity index (χ3n) is 1.09. The Labute approximate surface area is 62.4 Å². The zero-order valence-corrected chi connectivity index (χ0v) is 5.90. The highest BCUT2D eigenvalue weighted by Crippen LogP contribution is 2.04. The SMILES string of the molecule is COCc1cnc([N+](=O)[O-])[nH]1. The van der Waals surface area contributed by atoms with Crippen LogP contribution in [0.4, 0.5) is 5.95 Å². The van der Waals surface area contributed by atoms with Crippen LogP contribution in [-0.4, -0.2) is 22.0 Å². The van der Waals surface area contributed by atoms with Gasteiger partial charge in [-0.15, -0.1) is 0 Å². The van der Waals surface area contributed by atoms with Crippen molar-refractivity contribution >= 4 is 5.95 Å². The van der Waals surface area contributed by atoms with E-state index < -0.39 is 4.92 Å². The van der Waals surface area contributed by atoms with Crippen molar-refractivity contribution in [1.82, 2.24) is 9.97 Å². The Morgan fingerprint density at radius 1 is 1.91 bits per heavy atom.